The smallest absolute Gasteiger partial charge is 0.337 e. The van der Waals surface area contributed by atoms with Crippen molar-refractivity contribution in [2.45, 2.75) is 19.8 Å². The van der Waals surface area contributed by atoms with E-state index in [9.17, 15) is 9.18 Å². The quantitative estimate of drug-likeness (QED) is 0.726. The number of carbonyl (C=O) groups is 1. The van der Waals surface area contributed by atoms with Gasteiger partial charge in [0.15, 0.2) is 0 Å². The molecule has 1 aromatic rings. The number of likely N-dealkylation sites (tertiary alicyclic amines) is 1. The number of anilines is 2. The van der Waals surface area contributed by atoms with Crippen LogP contribution in [0.15, 0.2) is 12.1 Å². The molecule has 21 heavy (non-hydrogen) atoms. The van der Waals surface area contributed by atoms with Crippen LogP contribution in [0.3, 0.4) is 0 Å². The zero-order valence-corrected chi connectivity index (χ0v) is 12.2. The monoisotopic (exact) mass is 295 g/mol. The molecule has 0 amide bonds. The van der Waals surface area contributed by atoms with Crippen molar-refractivity contribution in [3.63, 3.8) is 0 Å². The van der Waals surface area contributed by atoms with Gasteiger partial charge < -0.3 is 21.1 Å². The number of hydrogen-bond donors (Lipinski definition) is 3. The van der Waals surface area contributed by atoms with Crippen molar-refractivity contribution in [3.8, 4) is 0 Å². The number of aromatic carboxylic acids is 1. The average molecular weight is 295 g/mol. The largest absolute Gasteiger partial charge is 0.478 e. The van der Waals surface area contributed by atoms with Crippen molar-refractivity contribution in [2.24, 2.45) is 5.92 Å². The molecule has 5 nitrogen and oxygen atoms in total. The Labute approximate surface area is 123 Å². The van der Waals surface area contributed by atoms with Crippen molar-refractivity contribution < 1.29 is 14.3 Å². The van der Waals surface area contributed by atoms with Crippen molar-refractivity contribution in [1.82, 2.24) is 4.90 Å². The van der Waals surface area contributed by atoms with Gasteiger partial charge in [-0.3, -0.25) is 0 Å². The molecule has 0 aliphatic carbocycles. The first-order chi connectivity index (χ1) is 10.0. The van der Waals surface area contributed by atoms with Gasteiger partial charge in [0, 0.05) is 12.2 Å². The first-order valence-electron chi connectivity index (χ1n) is 7.29. The lowest BCUT2D eigenvalue weighted by molar-refractivity contribution is 0.0698. The van der Waals surface area contributed by atoms with Gasteiger partial charge >= 0.3 is 5.97 Å². The minimum atomic E-state index is -1.15. The molecule has 0 radical (unpaired) electrons. The summed E-state index contributed by atoms with van der Waals surface area (Å²) in [5, 5.41) is 12.0. The fourth-order valence-corrected chi connectivity index (χ4v) is 2.67. The first kappa shape index (κ1) is 15.6. The van der Waals surface area contributed by atoms with Crippen molar-refractivity contribution in [1.29, 1.82) is 0 Å². The first-order valence-corrected chi connectivity index (χ1v) is 7.29. The Morgan fingerprint density at radius 2 is 2.14 bits per heavy atom. The Morgan fingerprint density at radius 3 is 2.71 bits per heavy atom. The topological polar surface area (TPSA) is 78.6 Å². The minimum Gasteiger partial charge on any atom is -0.478 e. The summed E-state index contributed by atoms with van der Waals surface area (Å²) in [6.07, 6.45) is 2.15. The predicted octanol–water partition coefficient (Wildman–Crippen LogP) is 2.25. The third-order valence-corrected chi connectivity index (χ3v) is 4.11. The number of hydrogen-bond acceptors (Lipinski definition) is 4. The van der Waals surface area contributed by atoms with E-state index in [0.29, 0.717) is 12.5 Å². The molecule has 1 saturated heterocycles. The van der Waals surface area contributed by atoms with Gasteiger partial charge in [-0.05, 0) is 50.5 Å². The highest BCUT2D eigenvalue weighted by atomic mass is 19.1. The number of carboxylic acids is 1. The fourth-order valence-electron chi connectivity index (χ4n) is 2.67. The summed E-state index contributed by atoms with van der Waals surface area (Å²) in [5.74, 6) is -1.17. The maximum absolute atomic E-state index is 13.8. The molecule has 0 saturated carbocycles. The lowest BCUT2D eigenvalue weighted by Crippen LogP contribution is -2.35. The molecule has 0 aromatic heterocycles. The van der Waals surface area contributed by atoms with Gasteiger partial charge in [0.1, 0.15) is 5.82 Å². The molecule has 1 aromatic carbocycles. The van der Waals surface area contributed by atoms with Crippen LogP contribution in [0.5, 0.6) is 0 Å². The fraction of sp³-hybridized carbons (Fsp3) is 0.533. The molecule has 0 bridgehead atoms. The number of piperidine rings is 1. The van der Waals surface area contributed by atoms with E-state index in [-0.39, 0.29) is 16.9 Å². The number of carboxylic acid groups (broad SMARTS) is 1. The number of benzene rings is 1. The van der Waals surface area contributed by atoms with Gasteiger partial charge in [-0.1, -0.05) is 6.92 Å². The molecule has 2 rings (SSSR count). The Hall–Kier alpha value is -1.82. The van der Waals surface area contributed by atoms with E-state index in [4.69, 9.17) is 10.8 Å². The third kappa shape index (κ3) is 3.85. The molecule has 1 aliphatic rings. The molecule has 116 valence electrons. The van der Waals surface area contributed by atoms with Gasteiger partial charge in [-0.2, -0.15) is 0 Å². The van der Waals surface area contributed by atoms with Crippen LogP contribution in [-0.2, 0) is 0 Å². The van der Waals surface area contributed by atoms with E-state index in [0.717, 1.165) is 38.5 Å². The van der Waals surface area contributed by atoms with E-state index in [2.05, 4.69) is 17.1 Å². The molecular formula is C15H22FN3O2. The number of nitrogens with two attached hydrogens (primary N) is 1. The SMILES string of the molecule is CCN1CCC(CNc2cc(C(=O)O)c(N)cc2F)CC1. The van der Waals surface area contributed by atoms with E-state index < -0.39 is 11.8 Å². The number of nitrogens with zero attached hydrogens (tertiary/aromatic N) is 1. The number of rotatable bonds is 5. The van der Waals surface area contributed by atoms with Gasteiger partial charge in [0.2, 0.25) is 0 Å². The Bertz CT molecular complexity index is 514. The zero-order chi connectivity index (χ0) is 15.4. The van der Waals surface area contributed by atoms with Crippen LogP contribution in [0, 0.1) is 11.7 Å². The van der Waals surface area contributed by atoms with Crippen molar-refractivity contribution >= 4 is 17.3 Å². The summed E-state index contributed by atoms with van der Waals surface area (Å²) >= 11 is 0. The standard InChI is InChI=1S/C15H22FN3O2/c1-2-19-5-3-10(4-6-19)9-18-14-7-11(15(20)21)13(17)8-12(14)16/h7-8,10,18H,2-6,9,17H2,1H3,(H,20,21). The second-order valence-corrected chi connectivity index (χ2v) is 5.48. The van der Waals surface area contributed by atoms with Gasteiger partial charge in [-0.25, -0.2) is 9.18 Å². The molecule has 6 heteroatoms. The maximum atomic E-state index is 13.8. The van der Waals surface area contributed by atoms with Crippen molar-refractivity contribution in [3.05, 3.63) is 23.5 Å². The lowest BCUT2D eigenvalue weighted by atomic mass is 9.96. The van der Waals surface area contributed by atoms with Crippen LogP contribution in [0.4, 0.5) is 15.8 Å². The minimum absolute atomic E-state index is 0.0539. The van der Waals surface area contributed by atoms with Crippen LogP contribution < -0.4 is 11.1 Å². The highest BCUT2D eigenvalue weighted by molar-refractivity contribution is 5.94. The third-order valence-electron chi connectivity index (χ3n) is 4.11. The summed E-state index contributed by atoms with van der Waals surface area (Å²) in [5.41, 5.74) is 5.59. The zero-order valence-electron chi connectivity index (χ0n) is 12.2. The summed E-state index contributed by atoms with van der Waals surface area (Å²) in [4.78, 5) is 13.4. The molecular weight excluding hydrogens is 273 g/mol. The van der Waals surface area contributed by atoms with Gasteiger partial charge in [0.25, 0.3) is 0 Å². The van der Waals surface area contributed by atoms with Crippen LogP contribution in [-0.4, -0.2) is 42.2 Å². The highest BCUT2D eigenvalue weighted by Gasteiger charge is 2.19. The van der Waals surface area contributed by atoms with Gasteiger partial charge in [-0.15, -0.1) is 0 Å². The molecule has 0 unspecified atom stereocenters. The normalized spacial score (nSPS) is 16.9. The summed E-state index contributed by atoms with van der Waals surface area (Å²) in [6, 6.07) is 2.33. The Kier molecular flexibility index (Phi) is 5.01. The van der Waals surface area contributed by atoms with Gasteiger partial charge in [0.05, 0.1) is 11.3 Å². The number of nitrogen functional groups attached to an aromatic ring is 1. The van der Waals surface area contributed by atoms with E-state index in [1.165, 1.54) is 6.07 Å². The average Bonchev–Trinajstić information content (AvgIpc) is 2.46. The molecule has 1 fully saturated rings. The number of nitrogens with one attached hydrogen (secondary N) is 1. The van der Waals surface area contributed by atoms with E-state index in [1.54, 1.807) is 0 Å². The molecule has 0 atom stereocenters. The molecule has 0 spiro atoms. The number of halogens is 1. The summed E-state index contributed by atoms with van der Waals surface area (Å²) < 4.78 is 13.8. The van der Waals surface area contributed by atoms with E-state index in [1.807, 2.05) is 0 Å². The van der Waals surface area contributed by atoms with Crippen LogP contribution in [0.1, 0.15) is 30.1 Å². The predicted molar refractivity (Wildman–Crippen MR) is 81.1 cm³/mol. The molecule has 1 aliphatic heterocycles. The summed E-state index contributed by atoms with van der Waals surface area (Å²) in [6.45, 7) is 5.99. The van der Waals surface area contributed by atoms with Crippen molar-refractivity contribution in [2.75, 3.05) is 37.2 Å². The van der Waals surface area contributed by atoms with Crippen LogP contribution in [0.25, 0.3) is 0 Å². The molecule has 1 heterocycles. The van der Waals surface area contributed by atoms with E-state index >= 15 is 0 Å². The summed E-state index contributed by atoms with van der Waals surface area (Å²) in [7, 11) is 0. The second-order valence-electron chi connectivity index (χ2n) is 5.48. The Morgan fingerprint density at radius 1 is 1.48 bits per heavy atom. The van der Waals surface area contributed by atoms with Crippen LogP contribution >= 0.6 is 0 Å². The van der Waals surface area contributed by atoms with Crippen LogP contribution in [0.2, 0.25) is 0 Å². The molecule has 4 N–H and O–H groups in total. The maximum Gasteiger partial charge on any atom is 0.337 e. The highest BCUT2D eigenvalue weighted by Crippen LogP contribution is 2.24. The Balaban J connectivity index is 1.97. The second kappa shape index (κ2) is 6.76. The lowest BCUT2D eigenvalue weighted by Gasteiger charge is -2.31.